The van der Waals surface area contributed by atoms with Gasteiger partial charge in [0.2, 0.25) is 0 Å². The van der Waals surface area contributed by atoms with E-state index in [0.717, 1.165) is 0 Å². The fraction of sp³-hybridized carbons (Fsp3) is 0.235. The predicted molar refractivity (Wildman–Crippen MR) is 75.9 cm³/mol. The molecular formula is C17H16F2O2. The molecule has 4 heteroatoms. The van der Waals surface area contributed by atoms with Gasteiger partial charge in [-0.25, -0.2) is 8.78 Å². The lowest BCUT2D eigenvalue weighted by Crippen LogP contribution is -2.14. The third-order valence-electron chi connectivity index (χ3n) is 3.24. The molecule has 0 spiro atoms. The molecule has 0 fully saturated rings. The topological polar surface area (TPSA) is 26.3 Å². The van der Waals surface area contributed by atoms with Gasteiger partial charge < -0.3 is 4.74 Å². The SMILES string of the molecule is CCOC(=O)CC(c1ccccc1F)c1ccccc1F. The third-order valence-corrected chi connectivity index (χ3v) is 3.24. The highest BCUT2D eigenvalue weighted by Gasteiger charge is 2.24. The first-order valence-corrected chi connectivity index (χ1v) is 6.78. The summed E-state index contributed by atoms with van der Waals surface area (Å²) in [6.45, 7) is 1.93. The van der Waals surface area contributed by atoms with E-state index in [1.165, 1.54) is 12.1 Å². The van der Waals surface area contributed by atoms with Gasteiger partial charge in [-0.15, -0.1) is 0 Å². The second kappa shape index (κ2) is 6.97. The van der Waals surface area contributed by atoms with Crippen LogP contribution in [0.15, 0.2) is 48.5 Å². The fourth-order valence-electron chi connectivity index (χ4n) is 2.29. The summed E-state index contributed by atoms with van der Waals surface area (Å²) in [5.41, 5.74) is 0.575. The molecule has 0 aliphatic rings. The van der Waals surface area contributed by atoms with Crippen LogP contribution in [0.1, 0.15) is 30.4 Å². The van der Waals surface area contributed by atoms with Crippen LogP contribution in [-0.4, -0.2) is 12.6 Å². The highest BCUT2D eigenvalue weighted by atomic mass is 19.1. The van der Waals surface area contributed by atoms with Crippen molar-refractivity contribution in [2.24, 2.45) is 0 Å². The molecule has 2 rings (SSSR count). The standard InChI is InChI=1S/C17H16F2O2/c1-2-21-17(20)11-14(12-7-3-5-9-15(12)18)13-8-4-6-10-16(13)19/h3-10,14H,2,11H2,1H3. The van der Waals surface area contributed by atoms with Gasteiger partial charge in [-0.2, -0.15) is 0 Å². The fourth-order valence-corrected chi connectivity index (χ4v) is 2.29. The van der Waals surface area contributed by atoms with Gasteiger partial charge in [0.15, 0.2) is 0 Å². The van der Waals surface area contributed by atoms with E-state index in [2.05, 4.69) is 0 Å². The first kappa shape index (κ1) is 15.2. The number of halogens is 2. The van der Waals surface area contributed by atoms with Crippen LogP contribution in [0.25, 0.3) is 0 Å². The maximum Gasteiger partial charge on any atom is 0.306 e. The zero-order valence-corrected chi connectivity index (χ0v) is 11.7. The van der Waals surface area contributed by atoms with Crippen molar-refractivity contribution in [3.8, 4) is 0 Å². The van der Waals surface area contributed by atoms with Gasteiger partial charge in [0, 0.05) is 5.92 Å². The monoisotopic (exact) mass is 290 g/mol. The Hall–Kier alpha value is -2.23. The first-order valence-electron chi connectivity index (χ1n) is 6.78. The van der Waals surface area contributed by atoms with Crippen LogP contribution in [0, 0.1) is 11.6 Å². The second-order valence-corrected chi connectivity index (χ2v) is 4.60. The number of esters is 1. The Morgan fingerprint density at radius 3 is 1.90 bits per heavy atom. The van der Waals surface area contributed by atoms with Gasteiger partial charge in [0.05, 0.1) is 13.0 Å². The van der Waals surface area contributed by atoms with E-state index < -0.39 is 23.5 Å². The average molecular weight is 290 g/mol. The summed E-state index contributed by atoms with van der Waals surface area (Å²) in [5.74, 6) is -2.11. The van der Waals surface area contributed by atoms with E-state index in [0.29, 0.717) is 0 Å². The molecule has 0 bridgehead atoms. The van der Waals surface area contributed by atoms with Crippen LogP contribution in [0.3, 0.4) is 0 Å². The number of rotatable bonds is 5. The Balaban J connectivity index is 2.42. The molecule has 0 radical (unpaired) electrons. The summed E-state index contributed by atoms with van der Waals surface area (Å²) in [6, 6.07) is 12.2. The van der Waals surface area contributed by atoms with E-state index in [-0.39, 0.29) is 24.2 Å². The van der Waals surface area contributed by atoms with Crippen LogP contribution in [0.2, 0.25) is 0 Å². The molecule has 0 amide bonds. The summed E-state index contributed by atoms with van der Waals surface area (Å²) < 4.78 is 32.9. The van der Waals surface area contributed by atoms with Crippen molar-refractivity contribution in [2.75, 3.05) is 6.61 Å². The number of carbonyl (C=O) groups is 1. The van der Waals surface area contributed by atoms with Crippen molar-refractivity contribution >= 4 is 5.97 Å². The molecule has 0 heterocycles. The van der Waals surface area contributed by atoms with Crippen molar-refractivity contribution in [2.45, 2.75) is 19.3 Å². The Morgan fingerprint density at radius 2 is 1.48 bits per heavy atom. The molecular weight excluding hydrogens is 274 g/mol. The summed E-state index contributed by atoms with van der Waals surface area (Å²) in [7, 11) is 0. The van der Waals surface area contributed by atoms with Crippen LogP contribution in [0.4, 0.5) is 8.78 Å². The quantitative estimate of drug-likeness (QED) is 0.777. The molecule has 2 aromatic carbocycles. The van der Waals surface area contributed by atoms with Crippen LogP contribution < -0.4 is 0 Å². The highest BCUT2D eigenvalue weighted by molar-refractivity contribution is 5.71. The van der Waals surface area contributed by atoms with Gasteiger partial charge in [0.1, 0.15) is 11.6 Å². The molecule has 0 unspecified atom stereocenters. The van der Waals surface area contributed by atoms with E-state index >= 15 is 0 Å². The van der Waals surface area contributed by atoms with Crippen molar-refractivity contribution in [1.29, 1.82) is 0 Å². The molecule has 0 aliphatic heterocycles. The van der Waals surface area contributed by atoms with Crippen LogP contribution >= 0.6 is 0 Å². The number of carbonyl (C=O) groups excluding carboxylic acids is 1. The number of hydrogen-bond acceptors (Lipinski definition) is 2. The third kappa shape index (κ3) is 3.66. The van der Waals surface area contributed by atoms with Crippen molar-refractivity contribution < 1.29 is 18.3 Å². The van der Waals surface area contributed by atoms with Gasteiger partial charge in [0.25, 0.3) is 0 Å². The minimum Gasteiger partial charge on any atom is -0.466 e. The molecule has 0 aromatic heterocycles. The molecule has 0 saturated carbocycles. The molecule has 0 atom stereocenters. The summed E-state index contributed by atoms with van der Waals surface area (Å²) in [6.07, 6.45) is -0.101. The number of benzene rings is 2. The minimum absolute atomic E-state index is 0.101. The largest absolute Gasteiger partial charge is 0.466 e. The molecule has 21 heavy (non-hydrogen) atoms. The van der Waals surface area contributed by atoms with Crippen molar-refractivity contribution in [3.63, 3.8) is 0 Å². The number of hydrogen-bond donors (Lipinski definition) is 0. The zero-order valence-electron chi connectivity index (χ0n) is 11.7. The number of ether oxygens (including phenoxy) is 1. The van der Waals surface area contributed by atoms with Crippen molar-refractivity contribution in [1.82, 2.24) is 0 Å². The smallest absolute Gasteiger partial charge is 0.306 e. The Kier molecular flexibility index (Phi) is 5.04. The Morgan fingerprint density at radius 1 is 1.00 bits per heavy atom. The zero-order chi connectivity index (χ0) is 15.2. The lowest BCUT2D eigenvalue weighted by Gasteiger charge is -2.18. The maximum absolute atomic E-state index is 14.0. The molecule has 0 saturated heterocycles. The molecule has 0 N–H and O–H groups in total. The van der Waals surface area contributed by atoms with E-state index in [4.69, 9.17) is 4.74 Å². The van der Waals surface area contributed by atoms with E-state index in [1.54, 1.807) is 43.3 Å². The highest BCUT2D eigenvalue weighted by Crippen LogP contribution is 2.31. The maximum atomic E-state index is 14.0. The average Bonchev–Trinajstić information content (AvgIpc) is 2.47. The van der Waals surface area contributed by atoms with Crippen LogP contribution in [-0.2, 0) is 9.53 Å². The van der Waals surface area contributed by atoms with Crippen molar-refractivity contribution in [3.05, 3.63) is 71.3 Å². The van der Waals surface area contributed by atoms with Gasteiger partial charge >= 0.3 is 5.97 Å². The molecule has 2 nitrogen and oxygen atoms in total. The molecule has 110 valence electrons. The Bertz CT molecular complexity index is 580. The summed E-state index contributed by atoms with van der Waals surface area (Å²) >= 11 is 0. The Labute approximate surface area is 122 Å². The lowest BCUT2D eigenvalue weighted by atomic mass is 9.88. The van der Waals surface area contributed by atoms with Crippen LogP contribution in [0.5, 0.6) is 0 Å². The van der Waals surface area contributed by atoms with E-state index in [9.17, 15) is 13.6 Å². The lowest BCUT2D eigenvalue weighted by molar-refractivity contribution is -0.143. The molecule has 0 aliphatic carbocycles. The first-order chi connectivity index (χ1) is 10.1. The van der Waals surface area contributed by atoms with Gasteiger partial charge in [-0.05, 0) is 30.2 Å². The second-order valence-electron chi connectivity index (χ2n) is 4.60. The predicted octanol–water partition coefficient (Wildman–Crippen LogP) is 4.05. The molecule has 2 aromatic rings. The summed E-state index contributed by atoms with van der Waals surface area (Å²) in [4.78, 5) is 11.8. The normalized spacial score (nSPS) is 10.7. The van der Waals surface area contributed by atoms with Gasteiger partial charge in [-0.3, -0.25) is 4.79 Å². The minimum atomic E-state index is -0.702. The van der Waals surface area contributed by atoms with E-state index in [1.807, 2.05) is 0 Å². The summed E-state index contributed by atoms with van der Waals surface area (Å²) in [5, 5.41) is 0. The van der Waals surface area contributed by atoms with Gasteiger partial charge in [-0.1, -0.05) is 36.4 Å².